The van der Waals surface area contributed by atoms with E-state index in [1.807, 2.05) is 16.8 Å². The normalized spacial score (nSPS) is 13.7. The summed E-state index contributed by atoms with van der Waals surface area (Å²) in [4.78, 5) is 18.7. The first-order valence-corrected chi connectivity index (χ1v) is 9.79. The smallest absolute Gasteiger partial charge is 0.321 e. The molecule has 0 saturated carbocycles. The second-order valence-electron chi connectivity index (χ2n) is 6.41. The molecule has 9 nitrogen and oxygen atoms in total. The molecule has 2 amide bonds. The van der Waals surface area contributed by atoms with Gasteiger partial charge in [-0.25, -0.2) is 4.79 Å². The number of likely N-dealkylation sites (tertiary alicyclic amines) is 1. The van der Waals surface area contributed by atoms with Gasteiger partial charge < -0.3 is 29.0 Å². The maximum Gasteiger partial charge on any atom is 0.321 e. The third-order valence-electron chi connectivity index (χ3n) is 4.66. The van der Waals surface area contributed by atoms with Crippen LogP contribution >= 0.6 is 11.3 Å². The van der Waals surface area contributed by atoms with Gasteiger partial charge >= 0.3 is 6.03 Å². The van der Waals surface area contributed by atoms with Crippen molar-refractivity contribution in [2.24, 2.45) is 0 Å². The monoisotopic (exact) mass is 416 g/mol. The van der Waals surface area contributed by atoms with Crippen LogP contribution in [0.25, 0.3) is 11.4 Å². The zero-order valence-electron chi connectivity index (χ0n) is 16.2. The third-order valence-corrected chi connectivity index (χ3v) is 5.34. The number of hydrogen-bond acceptors (Lipinski definition) is 8. The SMILES string of the molecule is COc1cc(NC(=O)N2CC(c3nc(-c4ccsc4)no3)C2)cc(OC)c1OC. The molecule has 0 atom stereocenters. The lowest BCUT2D eigenvalue weighted by Gasteiger charge is -2.36. The number of nitrogens with one attached hydrogen (secondary N) is 1. The van der Waals surface area contributed by atoms with Crippen LogP contribution in [0.15, 0.2) is 33.5 Å². The third kappa shape index (κ3) is 3.70. The number of amides is 2. The van der Waals surface area contributed by atoms with Crippen LogP contribution in [0.4, 0.5) is 10.5 Å². The number of carbonyl (C=O) groups is 1. The minimum atomic E-state index is -0.229. The fourth-order valence-electron chi connectivity index (χ4n) is 3.07. The van der Waals surface area contributed by atoms with Crippen molar-refractivity contribution in [2.45, 2.75) is 5.92 Å². The molecule has 0 aliphatic carbocycles. The molecule has 0 spiro atoms. The standard InChI is InChI=1S/C19H20N4O5S/c1-25-14-6-13(7-15(26-2)16(14)27-3)20-19(24)23-8-12(9-23)18-21-17(22-28-18)11-4-5-29-10-11/h4-7,10,12H,8-9H2,1-3H3,(H,20,24). The molecule has 1 N–H and O–H groups in total. The van der Waals surface area contributed by atoms with E-state index in [0.29, 0.717) is 47.7 Å². The van der Waals surface area contributed by atoms with Crippen LogP contribution in [0.1, 0.15) is 11.8 Å². The predicted molar refractivity (Wildman–Crippen MR) is 107 cm³/mol. The molecular weight excluding hydrogens is 396 g/mol. The second kappa shape index (κ2) is 8.00. The van der Waals surface area contributed by atoms with E-state index in [1.165, 1.54) is 21.3 Å². The average molecular weight is 416 g/mol. The Morgan fingerprint density at radius 1 is 1.21 bits per heavy atom. The lowest BCUT2D eigenvalue weighted by atomic mass is 10.0. The predicted octanol–water partition coefficient (Wildman–Crippen LogP) is 3.46. The summed E-state index contributed by atoms with van der Waals surface area (Å²) in [6.45, 7) is 1.00. The molecule has 152 valence electrons. The van der Waals surface area contributed by atoms with Gasteiger partial charge in [0.05, 0.1) is 32.9 Å². The van der Waals surface area contributed by atoms with Crippen LogP contribution < -0.4 is 19.5 Å². The molecule has 0 bridgehead atoms. The largest absolute Gasteiger partial charge is 0.493 e. The highest BCUT2D eigenvalue weighted by Gasteiger charge is 2.36. The minimum absolute atomic E-state index is 0.0283. The molecule has 1 aliphatic rings. The van der Waals surface area contributed by atoms with Gasteiger partial charge in [-0.3, -0.25) is 0 Å². The highest BCUT2D eigenvalue weighted by Crippen LogP contribution is 2.40. The summed E-state index contributed by atoms with van der Waals surface area (Å²) in [5.74, 6) is 2.55. The number of methoxy groups -OCH3 is 3. The summed E-state index contributed by atoms with van der Waals surface area (Å²) in [5.41, 5.74) is 1.48. The zero-order valence-corrected chi connectivity index (χ0v) is 17.0. The van der Waals surface area contributed by atoms with Crippen molar-refractivity contribution in [2.75, 3.05) is 39.7 Å². The Balaban J connectivity index is 1.39. The molecule has 0 unspecified atom stereocenters. The van der Waals surface area contributed by atoms with Crippen molar-refractivity contribution in [3.8, 4) is 28.6 Å². The summed E-state index contributed by atoms with van der Waals surface area (Å²) in [7, 11) is 4.58. The Labute approximate surface area is 171 Å². The van der Waals surface area contributed by atoms with Crippen LogP contribution in [-0.2, 0) is 0 Å². The van der Waals surface area contributed by atoms with Gasteiger partial charge in [0.1, 0.15) is 0 Å². The summed E-state index contributed by atoms with van der Waals surface area (Å²) < 4.78 is 21.3. The number of hydrogen-bond donors (Lipinski definition) is 1. The van der Waals surface area contributed by atoms with Crippen LogP contribution in [0.3, 0.4) is 0 Å². The number of nitrogens with zero attached hydrogens (tertiary/aromatic N) is 3. The lowest BCUT2D eigenvalue weighted by Crippen LogP contribution is -2.50. The fourth-order valence-corrected chi connectivity index (χ4v) is 3.70. The van der Waals surface area contributed by atoms with E-state index >= 15 is 0 Å². The van der Waals surface area contributed by atoms with Crippen molar-refractivity contribution in [1.29, 1.82) is 0 Å². The first kappa shape index (κ1) is 19.1. The topological polar surface area (TPSA) is 99.0 Å². The van der Waals surface area contributed by atoms with E-state index in [0.717, 1.165) is 5.56 Å². The molecule has 1 aromatic carbocycles. The number of benzene rings is 1. The van der Waals surface area contributed by atoms with Crippen molar-refractivity contribution >= 4 is 23.1 Å². The number of rotatable bonds is 6. The van der Waals surface area contributed by atoms with E-state index in [4.69, 9.17) is 18.7 Å². The van der Waals surface area contributed by atoms with E-state index in [-0.39, 0.29) is 11.9 Å². The highest BCUT2D eigenvalue weighted by atomic mass is 32.1. The maximum absolute atomic E-state index is 12.6. The van der Waals surface area contributed by atoms with Gasteiger partial charge in [0.2, 0.25) is 17.5 Å². The molecule has 0 radical (unpaired) electrons. The quantitative estimate of drug-likeness (QED) is 0.657. The Hall–Kier alpha value is -3.27. The summed E-state index contributed by atoms with van der Waals surface area (Å²) in [5, 5.41) is 10.8. The van der Waals surface area contributed by atoms with Crippen LogP contribution in [0, 0.1) is 0 Å². The van der Waals surface area contributed by atoms with Crippen LogP contribution in [-0.4, -0.2) is 55.5 Å². The van der Waals surface area contributed by atoms with Crippen molar-refractivity contribution < 1.29 is 23.5 Å². The van der Waals surface area contributed by atoms with Gasteiger partial charge in [-0.15, -0.1) is 0 Å². The van der Waals surface area contributed by atoms with Gasteiger partial charge in [0.25, 0.3) is 0 Å². The average Bonchev–Trinajstić information content (AvgIpc) is 3.37. The van der Waals surface area contributed by atoms with Gasteiger partial charge in [0.15, 0.2) is 11.5 Å². The number of carbonyl (C=O) groups excluding carboxylic acids is 1. The second-order valence-corrected chi connectivity index (χ2v) is 7.19. The number of thiophene rings is 1. The Morgan fingerprint density at radius 3 is 2.52 bits per heavy atom. The van der Waals surface area contributed by atoms with Crippen LogP contribution in [0.2, 0.25) is 0 Å². The summed E-state index contributed by atoms with van der Waals surface area (Å²) in [6.07, 6.45) is 0. The number of anilines is 1. The molecule has 4 rings (SSSR count). The summed E-state index contributed by atoms with van der Waals surface area (Å²) in [6, 6.07) is 5.08. The molecule has 29 heavy (non-hydrogen) atoms. The Morgan fingerprint density at radius 2 is 1.93 bits per heavy atom. The highest BCUT2D eigenvalue weighted by molar-refractivity contribution is 7.08. The Kier molecular flexibility index (Phi) is 5.26. The zero-order chi connectivity index (χ0) is 20.4. The number of ether oxygens (including phenoxy) is 3. The van der Waals surface area contributed by atoms with E-state index in [9.17, 15) is 4.79 Å². The van der Waals surface area contributed by atoms with Gasteiger partial charge in [-0.1, -0.05) is 5.16 Å². The van der Waals surface area contributed by atoms with E-state index in [1.54, 1.807) is 28.4 Å². The fraction of sp³-hybridized carbons (Fsp3) is 0.316. The summed E-state index contributed by atoms with van der Waals surface area (Å²) >= 11 is 1.58. The molecule has 1 saturated heterocycles. The first-order valence-electron chi connectivity index (χ1n) is 8.85. The van der Waals surface area contributed by atoms with Crippen molar-refractivity contribution in [3.63, 3.8) is 0 Å². The molecule has 3 heterocycles. The van der Waals surface area contributed by atoms with E-state index in [2.05, 4.69) is 15.5 Å². The molecule has 1 aliphatic heterocycles. The molecule has 10 heteroatoms. The maximum atomic E-state index is 12.6. The minimum Gasteiger partial charge on any atom is -0.493 e. The number of aromatic nitrogens is 2. The molecular formula is C19H20N4O5S. The van der Waals surface area contributed by atoms with E-state index < -0.39 is 0 Å². The van der Waals surface area contributed by atoms with Crippen molar-refractivity contribution in [3.05, 3.63) is 34.8 Å². The van der Waals surface area contributed by atoms with Gasteiger partial charge in [0, 0.05) is 36.2 Å². The molecule has 3 aromatic rings. The van der Waals surface area contributed by atoms with Crippen molar-refractivity contribution in [1.82, 2.24) is 15.0 Å². The number of urea groups is 1. The first-order chi connectivity index (χ1) is 14.1. The van der Waals surface area contributed by atoms with Gasteiger partial charge in [-0.2, -0.15) is 16.3 Å². The van der Waals surface area contributed by atoms with Gasteiger partial charge in [-0.05, 0) is 11.4 Å². The Bertz CT molecular complexity index is 973. The molecule has 1 fully saturated rings. The lowest BCUT2D eigenvalue weighted by molar-refractivity contribution is 0.147. The van der Waals surface area contributed by atoms with Crippen LogP contribution in [0.5, 0.6) is 17.2 Å². The molecule has 2 aromatic heterocycles.